The Morgan fingerprint density at radius 3 is 2.58 bits per heavy atom. The van der Waals surface area contributed by atoms with Gasteiger partial charge < -0.3 is 9.84 Å². The number of piperidine rings is 1. The van der Waals surface area contributed by atoms with E-state index in [1.54, 1.807) is 12.1 Å². The summed E-state index contributed by atoms with van der Waals surface area (Å²) in [5, 5.41) is 9.13. The van der Waals surface area contributed by atoms with Gasteiger partial charge in [-0.15, -0.1) is 12.4 Å². The van der Waals surface area contributed by atoms with Crippen molar-refractivity contribution in [1.29, 1.82) is 0 Å². The number of halogens is 1. The molecule has 1 heterocycles. The zero-order chi connectivity index (χ0) is 13.0. The molecule has 1 fully saturated rings. The number of rotatable bonds is 4. The van der Waals surface area contributed by atoms with Gasteiger partial charge in [-0.25, -0.2) is 4.79 Å². The SMILES string of the molecule is COc1ccc(CN2CCCCC2)cc1C(=O)O.Cl. The molecule has 1 aliphatic rings. The van der Waals surface area contributed by atoms with Crippen LogP contribution in [-0.4, -0.2) is 36.2 Å². The highest BCUT2D eigenvalue weighted by atomic mass is 35.5. The van der Waals surface area contributed by atoms with Crippen LogP contribution in [0.3, 0.4) is 0 Å². The van der Waals surface area contributed by atoms with E-state index >= 15 is 0 Å². The molecule has 1 aromatic carbocycles. The summed E-state index contributed by atoms with van der Waals surface area (Å²) in [5.74, 6) is -0.516. The first kappa shape index (κ1) is 15.8. The minimum Gasteiger partial charge on any atom is -0.496 e. The van der Waals surface area contributed by atoms with Crippen molar-refractivity contribution in [3.05, 3.63) is 29.3 Å². The minimum atomic E-state index is -0.938. The fourth-order valence-corrected chi connectivity index (χ4v) is 2.40. The summed E-state index contributed by atoms with van der Waals surface area (Å²) < 4.78 is 5.06. The lowest BCUT2D eigenvalue weighted by atomic mass is 10.1. The summed E-state index contributed by atoms with van der Waals surface area (Å²) in [5.41, 5.74) is 1.28. The standard InChI is InChI=1S/C14H19NO3.ClH/c1-18-13-6-5-11(9-12(13)14(16)17)10-15-7-3-2-4-8-15;/h5-6,9H,2-4,7-8,10H2,1H3,(H,16,17);1H. The normalized spacial score (nSPS) is 15.6. The predicted octanol–water partition coefficient (Wildman–Crippen LogP) is 2.80. The number of methoxy groups -OCH3 is 1. The summed E-state index contributed by atoms with van der Waals surface area (Å²) in [6.07, 6.45) is 3.78. The maximum absolute atomic E-state index is 11.1. The van der Waals surface area contributed by atoms with Crippen LogP contribution in [0.15, 0.2) is 18.2 Å². The second-order valence-corrected chi connectivity index (χ2v) is 4.68. The van der Waals surface area contributed by atoms with Gasteiger partial charge in [-0.1, -0.05) is 12.5 Å². The topological polar surface area (TPSA) is 49.8 Å². The number of nitrogens with zero attached hydrogens (tertiary/aromatic N) is 1. The van der Waals surface area contributed by atoms with Gasteiger partial charge in [-0.3, -0.25) is 4.90 Å². The first-order chi connectivity index (χ1) is 8.70. The third-order valence-corrected chi connectivity index (χ3v) is 3.35. The van der Waals surface area contributed by atoms with Crippen molar-refractivity contribution in [2.24, 2.45) is 0 Å². The molecule has 1 N–H and O–H groups in total. The first-order valence-corrected chi connectivity index (χ1v) is 6.33. The molecule has 0 atom stereocenters. The summed E-state index contributed by atoms with van der Waals surface area (Å²) in [4.78, 5) is 13.5. The van der Waals surface area contributed by atoms with Crippen molar-refractivity contribution < 1.29 is 14.6 Å². The largest absolute Gasteiger partial charge is 0.496 e. The molecule has 0 amide bonds. The average molecular weight is 286 g/mol. The van der Waals surface area contributed by atoms with Crippen LogP contribution in [0.5, 0.6) is 5.75 Å². The molecule has 0 aliphatic carbocycles. The monoisotopic (exact) mass is 285 g/mol. The second-order valence-electron chi connectivity index (χ2n) is 4.68. The molecule has 0 unspecified atom stereocenters. The van der Waals surface area contributed by atoms with Crippen LogP contribution in [0.1, 0.15) is 35.2 Å². The van der Waals surface area contributed by atoms with Gasteiger partial charge >= 0.3 is 5.97 Å². The van der Waals surface area contributed by atoms with Crippen molar-refractivity contribution in [3.63, 3.8) is 0 Å². The zero-order valence-corrected chi connectivity index (χ0v) is 11.9. The Morgan fingerprint density at radius 1 is 1.32 bits per heavy atom. The zero-order valence-electron chi connectivity index (χ0n) is 11.1. The Bertz CT molecular complexity index is 431. The van der Waals surface area contributed by atoms with Crippen LogP contribution in [0.25, 0.3) is 0 Å². The van der Waals surface area contributed by atoms with Gasteiger partial charge in [0.25, 0.3) is 0 Å². The van der Waals surface area contributed by atoms with E-state index in [1.807, 2.05) is 6.07 Å². The molecule has 4 nitrogen and oxygen atoms in total. The van der Waals surface area contributed by atoms with Gasteiger partial charge in [0, 0.05) is 6.54 Å². The number of ether oxygens (including phenoxy) is 1. The highest BCUT2D eigenvalue weighted by Crippen LogP contribution is 2.21. The average Bonchev–Trinajstić information content (AvgIpc) is 2.40. The molecular weight excluding hydrogens is 266 g/mol. The van der Waals surface area contributed by atoms with Gasteiger partial charge in [0.05, 0.1) is 7.11 Å². The maximum atomic E-state index is 11.1. The lowest BCUT2D eigenvalue weighted by Crippen LogP contribution is -2.29. The van der Waals surface area contributed by atoms with Gasteiger partial charge in [-0.2, -0.15) is 0 Å². The van der Waals surface area contributed by atoms with Crippen LogP contribution in [-0.2, 0) is 6.54 Å². The van der Waals surface area contributed by atoms with Crippen LogP contribution >= 0.6 is 12.4 Å². The summed E-state index contributed by atoms with van der Waals surface area (Å²) in [6.45, 7) is 3.03. The van der Waals surface area contributed by atoms with E-state index in [4.69, 9.17) is 9.84 Å². The molecular formula is C14H20ClNO3. The van der Waals surface area contributed by atoms with Crippen LogP contribution < -0.4 is 4.74 Å². The lowest BCUT2D eigenvalue weighted by Gasteiger charge is -2.26. The number of hydrogen-bond acceptors (Lipinski definition) is 3. The molecule has 2 rings (SSSR count). The fraction of sp³-hybridized carbons (Fsp3) is 0.500. The Balaban J connectivity index is 0.00000180. The first-order valence-electron chi connectivity index (χ1n) is 6.33. The molecule has 106 valence electrons. The molecule has 0 spiro atoms. The van der Waals surface area contributed by atoms with E-state index < -0.39 is 5.97 Å². The molecule has 1 aromatic rings. The number of benzene rings is 1. The van der Waals surface area contributed by atoms with Crippen LogP contribution in [0, 0.1) is 0 Å². The van der Waals surface area contributed by atoms with Gasteiger partial charge in [0.2, 0.25) is 0 Å². The highest BCUT2D eigenvalue weighted by Gasteiger charge is 2.14. The van der Waals surface area contributed by atoms with E-state index in [9.17, 15) is 4.79 Å². The number of carboxylic acids is 1. The molecule has 0 radical (unpaired) electrons. The lowest BCUT2D eigenvalue weighted by molar-refractivity contribution is 0.0693. The summed E-state index contributed by atoms with van der Waals surface area (Å²) >= 11 is 0. The molecule has 5 heteroatoms. The third-order valence-electron chi connectivity index (χ3n) is 3.35. The summed E-state index contributed by atoms with van der Waals surface area (Å²) in [6, 6.07) is 5.40. The van der Waals surface area contributed by atoms with Crippen molar-refractivity contribution in [2.75, 3.05) is 20.2 Å². The summed E-state index contributed by atoms with van der Waals surface area (Å²) in [7, 11) is 1.49. The molecule has 0 saturated carbocycles. The van der Waals surface area contributed by atoms with Crippen LogP contribution in [0.4, 0.5) is 0 Å². The van der Waals surface area contributed by atoms with E-state index in [1.165, 1.54) is 26.4 Å². The molecule has 1 aliphatic heterocycles. The Morgan fingerprint density at radius 2 is 2.00 bits per heavy atom. The van der Waals surface area contributed by atoms with Gasteiger partial charge in [0.1, 0.15) is 11.3 Å². The number of likely N-dealkylation sites (tertiary alicyclic amines) is 1. The Labute approximate surface area is 119 Å². The number of aromatic carboxylic acids is 1. The number of carbonyl (C=O) groups is 1. The molecule has 1 saturated heterocycles. The Kier molecular flexibility index (Phi) is 6.12. The fourth-order valence-electron chi connectivity index (χ4n) is 2.40. The second kappa shape index (κ2) is 7.36. The third kappa shape index (κ3) is 4.11. The predicted molar refractivity (Wildman–Crippen MR) is 76.3 cm³/mol. The minimum absolute atomic E-state index is 0. The van der Waals surface area contributed by atoms with E-state index in [-0.39, 0.29) is 18.0 Å². The van der Waals surface area contributed by atoms with E-state index in [0.717, 1.165) is 25.2 Å². The van der Waals surface area contributed by atoms with E-state index in [0.29, 0.717) is 5.75 Å². The van der Waals surface area contributed by atoms with Gasteiger partial charge in [-0.05, 0) is 43.6 Å². The smallest absolute Gasteiger partial charge is 0.339 e. The molecule has 0 aromatic heterocycles. The van der Waals surface area contributed by atoms with Crippen molar-refractivity contribution >= 4 is 18.4 Å². The number of hydrogen-bond donors (Lipinski definition) is 1. The van der Waals surface area contributed by atoms with Crippen molar-refractivity contribution in [3.8, 4) is 5.75 Å². The Hall–Kier alpha value is -1.26. The molecule has 0 bridgehead atoms. The molecule has 19 heavy (non-hydrogen) atoms. The van der Waals surface area contributed by atoms with E-state index in [2.05, 4.69) is 4.90 Å². The van der Waals surface area contributed by atoms with Crippen LogP contribution in [0.2, 0.25) is 0 Å². The van der Waals surface area contributed by atoms with Crippen molar-refractivity contribution in [2.45, 2.75) is 25.8 Å². The maximum Gasteiger partial charge on any atom is 0.339 e. The van der Waals surface area contributed by atoms with Gasteiger partial charge in [0.15, 0.2) is 0 Å². The number of carboxylic acid groups (broad SMARTS) is 1. The highest BCUT2D eigenvalue weighted by molar-refractivity contribution is 5.91. The quantitative estimate of drug-likeness (QED) is 0.924. The van der Waals surface area contributed by atoms with Crippen molar-refractivity contribution in [1.82, 2.24) is 4.90 Å².